The third-order valence-corrected chi connectivity index (χ3v) is 7.32. The fourth-order valence-corrected chi connectivity index (χ4v) is 5.09. The first kappa shape index (κ1) is 31.6. The van der Waals surface area contributed by atoms with Crippen LogP contribution in [0.5, 0.6) is 5.75 Å². The Morgan fingerprint density at radius 2 is 1.72 bits per heavy atom. The molecule has 1 saturated heterocycles. The Bertz CT molecular complexity index is 1570. The molecule has 1 aliphatic heterocycles. The number of thioether (sulfide) groups is 1. The molecular weight excluding hydrogens is 591 g/mol. The molecule has 14 heteroatoms. The molecule has 1 unspecified atom stereocenters. The summed E-state index contributed by atoms with van der Waals surface area (Å²) in [6.07, 6.45) is -2.11. The van der Waals surface area contributed by atoms with Gasteiger partial charge in [0.1, 0.15) is 17.9 Å². The number of amidine groups is 2. The molecule has 1 aliphatic rings. The summed E-state index contributed by atoms with van der Waals surface area (Å²) in [7, 11) is 0. The van der Waals surface area contributed by atoms with Gasteiger partial charge < -0.3 is 15.6 Å². The summed E-state index contributed by atoms with van der Waals surface area (Å²) in [6, 6.07) is 14.0. The van der Waals surface area contributed by atoms with Crippen molar-refractivity contribution >= 4 is 46.7 Å². The maximum absolute atomic E-state index is 14.2. The Hall–Kier alpha value is -4.30. The van der Waals surface area contributed by atoms with E-state index in [1.807, 2.05) is 13.8 Å². The van der Waals surface area contributed by atoms with Crippen molar-refractivity contribution in [3.63, 3.8) is 0 Å². The first-order valence-electron chi connectivity index (χ1n) is 12.8. The summed E-state index contributed by atoms with van der Waals surface area (Å²) in [5, 5.41) is 19.7. The van der Waals surface area contributed by atoms with Gasteiger partial charge in [0.2, 0.25) is 0 Å². The van der Waals surface area contributed by atoms with Crippen molar-refractivity contribution in [1.29, 1.82) is 0 Å². The average Bonchev–Trinajstić information content (AvgIpc) is 3.23. The van der Waals surface area contributed by atoms with Gasteiger partial charge in [0, 0.05) is 17.4 Å². The van der Waals surface area contributed by atoms with Crippen LogP contribution < -0.4 is 15.4 Å². The highest BCUT2D eigenvalue weighted by Gasteiger charge is 2.42. The molecule has 0 aliphatic carbocycles. The third kappa shape index (κ3) is 8.17. The van der Waals surface area contributed by atoms with Gasteiger partial charge in [0.15, 0.2) is 22.5 Å². The summed E-state index contributed by atoms with van der Waals surface area (Å²) in [6.45, 7) is 5.25. The van der Waals surface area contributed by atoms with E-state index in [-0.39, 0.29) is 23.3 Å². The van der Waals surface area contributed by atoms with Crippen LogP contribution >= 0.6 is 11.8 Å². The van der Waals surface area contributed by atoms with Crippen molar-refractivity contribution in [2.45, 2.75) is 38.8 Å². The van der Waals surface area contributed by atoms with E-state index in [1.54, 1.807) is 31.2 Å². The molecule has 226 valence electrons. The molecule has 1 atom stereocenters. The third-order valence-electron chi connectivity index (χ3n) is 6.11. The number of alkyl halides is 3. The number of nitrogens with zero attached hydrogens (tertiary/aromatic N) is 5. The maximum Gasteiger partial charge on any atom is 0.573 e. The van der Waals surface area contributed by atoms with E-state index in [0.717, 1.165) is 24.3 Å². The van der Waals surface area contributed by atoms with Crippen LogP contribution in [-0.4, -0.2) is 46.5 Å². The Labute approximate surface area is 248 Å². The molecule has 43 heavy (non-hydrogen) atoms. The lowest BCUT2D eigenvalue weighted by Gasteiger charge is -2.33. The minimum atomic E-state index is -4.78. The van der Waals surface area contributed by atoms with E-state index in [2.05, 4.69) is 24.9 Å². The zero-order valence-corrected chi connectivity index (χ0v) is 24.0. The number of anilines is 1. The molecule has 8 nitrogen and oxygen atoms in total. The normalized spacial score (nSPS) is 19.0. The zero-order chi connectivity index (χ0) is 31.4. The Balaban J connectivity index is 1.45. The van der Waals surface area contributed by atoms with Crippen LogP contribution in [-0.2, 0) is 0 Å². The van der Waals surface area contributed by atoms with Gasteiger partial charge in [-0.1, -0.05) is 49.9 Å². The lowest BCUT2D eigenvalue weighted by Crippen LogP contribution is -2.45. The van der Waals surface area contributed by atoms with Crippen molar-refractivity contribution < 1.29 is 31.8 Å². The zero-order valence-electron chi connectivity index (χ0n) is 23.2. The summed E-state index contributed by atoms with van der Waals surface area (Å²) >= 11 is 1.23. The van der Waals surface area contributed by atoms with E-state index >= 15 is 0 Å². The van der Waals surface area contributed by atoms with Crippen molar-refractivity contribution in [2.24, 2.45) is 25.9 Å². The van der Waals surface area contributed by atoms with Crippen LogP contribution in [0.1, 0.15) is 43.4 Å². The predicted molar refractivity (Wildman–Crippen MR) is 159 cm³/mol. The fourth-order valence-electron chi connectivity index (χ4n) is 4.03. The summed E-state index contributed by atoms with van der Waals surface area (Å²) in [5.41, 5.74) is 7.05. The van der Waals surface area contributed by atoms with Crippen LogP contribution in [0.15, 0.2) is 80.9 Å². The van der Waals surface area contributed by atoms with Gasteiger partial charge in [-0.2, -0.15) is 5.10 Å². The van der Waals surface area contributed by atoms with Crippen molar-refractivity contribution in [3.8, 4) is 5.75 Å². The first-order chi connectivity index (χ1) is 20.2. The van der Waals surface area contributed by atoms with E-state index in [4.69, 9.17) is 5.73 Å². The molecule has 3 aromatic carbocycles. The van der Waals surface area contributed by atoms with Gasteiger partial charge in [0.25, 0.3) is 0 Å². The SMILES string of the molecule is CC(C)c1cc(F)c(F)cc1N1/C(=N/N=C/c2ccc(C(N)=NC=Nc3ccc(OC(F)(F)F)cc3)cc2)SCC1(C)O. The molecule has 0 radical (unpaired) electrons. The number of rotatable bonds is 8. The largest absolute Gasteiger partial charge is 0.573 e. The van der Waals surface area contributed by atoms with Crippen molar-refractivity contribution in [1.82, 2.24) is 0 Å². The molecule has 0 saturated carbocycles. The molecular formula is C29H27F5N6O2S. The van der Waals surface area contributed by atoms with Gasteiger partial charge in [-0.15, -0.1) is 18.3 Å². The minimum Gasteiger partial charge on any atom is -0.406 e. The van der Waals surface area contributed by atoms with Gasteiger partial charge in [-0.05, 0) is 54.3 Å². The van der Waals surface area contributed by atoms with Gasteiger partial charge in [0.05, 0.1) is 17.6 Å². The van der Waals surface area contributed by atoms with E-state index < -0.39 is 23.7 Å². The number of benzene rings is 3. The van der Waals surface area contributed by atoms with Crippen LogP contribution in [0.3, 0.4) is 0 Å². The molecule has 4 rings (SSSR count). The van der Waals surface area contributed by atoms with Gasteiger partial charge in [-0.25, -0.2) is 18.8 Å². The number of hydrogen-bond donors (Lipinski definition) is 2. The second-order valence-electron chi connectivity index (χ2n) is 9.87. The monoisotopic (exact) mass is 618 g/mol. The average molecular weight is 619 g/mol. The smallest absolute Gasteiger partial charge is 0.406 e. The molecule has 1 heterocycles. The first-order valence-corrected chi connectivity index (χ1v) is 13.8. The maximum atomic E-state index is 14.2. The van der Waals surface area contributed by atoms with Crippen molar-refractivity contribution in [3.05, 3.63) is 89.0 Å². The second kappa shape index (κ2) is 12.9. The molecule has 1 fully saturated rings. The number of nitrogens with two attached hydrogens (primary N) is 1. The fraction of sp³-hybridized carbons (Fsp3) is 0.241. The van der Waals surface area contributed by atoms with E-state index in [0.29, 0.717) is 33.2 Å². The van der Waals surface area contributed by atoms with Gasteiger partial charge in [-0.3, -0.25) is 4.90 Å². The molecule has 0 amide bonds. The standard InChI is InChI=1S/C29H27F5N6O2S/c1-17(2)22-12-23(30)24(31)13-25(22)40-27(43-15-28(40,3)41)39-38-14-18-4-6-19(7-5-18)26(35)37-16-36-20-8-10-21(11-9-20)42-29(32,33)34/h4-14,16-17,41H,15H2,1-3H3,(H2,35,36,37)/b38-14+,39-27-. The number of aliphatic hydroxyl groups is 1. The van der Waals surface area contributed by atoms with Gasteiger partial charge >= 0.3 is 6.36 Å². The highest BCUT2D eigenvalue weighted by molar-refractivity contribution is 8.14. The summed E-state index contributed by atoms with van der Waals surface area (Å²) < 4.78 is 68.8. The lowest BCUT2D eigenvalue weighted by atomic mass is 9.99. The molecule has 3 aromatic rings. The topological polar surface area (TPSA) is 108 Å². The molecule has 0 aromatic heterocycles. The lowest BCUT2D eigenvalue weighted by molar-refractivity contribution is -0.274. The highest BCUT2D eigenvalue weighted by Crippen LogP contribution is 2.40. The van der Waals surface area contributed by atoms with Crippen LogP contribution in [0.25, 0.3) is 0 Å². The van der Waals surface area contributed by atoms with Crippen LogP contribution in [0.4, 0.5) is 33.3 Å². The summed E-state index contributed by atoms with van der Waals surface area (Å²) in [5.74, 6) is -2.11. The van der Waals surface area contributed by atoms with E-state index in [1.165, 1.54) is 41.3 Å². The summed E-state index contributed by atoms with van der Waals surface area (Å²) in [4.78, 5) is 9.55. The number of halogens is 5. The van der Waals surface area contributed by atoms with Crippen molar-refractivity contribution in [2.75, 3.05) is 10.7 Å². The van der Waals surface area contributed by atoms with Crippen LogP contribution in [0.2, 0.25) is 0 Å². The second-order valence-corrected chi connectivity index (χ2v) is 10.8. The Kier molecular flexibility index (Phi) is 9.50. The Morgan fingerprint density at radius 3 is 2.35 bits per heavy atom. The minimum absolute atomic E-state index is 0.148. The van der Waals surface area contributed by atoms with Crippen LogP contribution in [0, 0.1) is 11.6 Å². The highest BCUT2D eigenvalue weighted by atomic mass is 32.2. The molecule has 3 N–H and O–H groups in total. The molecule has 0 spiro atoms. The van der Waals surface area contributed by atoms with E-state index in [9.17, 15) is 27.1 Å². The number of ether oxygens (including phenoxy) is 1. The Morgan fingerprint density at radius 1 is 1.07 bits per heavy atom. The number of hydrogen-bond acceptors (Lipinski definition) is 6. The predicted octanol–water partition coefficient (Wildman–Crippen LogP) is 6.70. The molecule has 0 bridgehead atoms. The number of aliphatic imine (C=N–C) groups is 2. The quantitative estimate of drug-likeness (QED) is 0.126.